The summed E-state index contributed by atoms with van der Waals surface area (Å²) in [7, 11) is -3.35. The first kappa shape index (κ1) is 18.7. The standard InChI is InChI=1S/C20H24N2O3S2/c1-15-4-6-16(7-5-15)13-27(24,25)22-9-8-20(14-22)11-18(20)19(23)21-12-17-3-2-10-26-17/h2-7,10,18H,8-9,11-14H2,1H3,(H,21,23). The molecule has 0 bridgehead atoms. The highest BCUT2D eigenvalue weighted by molar-refractivity contribution is 7.88. The number of nitrogens with one attached hydrogen (secondary N) is 1. The van der Waals surface area contributed by atoms with Crippen LogP contribution in [0.5, 0.6) is 0 Å². The maximum absolute atomic E-state index is 12.8. The van der Waals surface area contributed by atoms with Gasteiger partial charge in [0.2, 0.25) is 15.9 Å². The van der Waals surface area contributed by atoms with Crippen molar-refractivity contribution in [1.29, 1.82) is 0 Å². The number of rotatable bonds is 6. The molecule has 4 rings (SSSR count). The topological polar surface area (TPSA) is 66.5 Å². The van der Waals surface area contributed by atoms with Crippen molar-refractivity contribution in [3.8, 4) is 0 Å². The van der Waals surface area contributed by atoms with E-state index < -0.39 is 10.0 Å². The second-order valence-electron chi connectivity index (χ2n) is 7.74. The molecule has 2 aliphatic rings. The molecule has 1 aromatic heterocycles. The molecule has 1 aliphatic carbocycles. The van der Waals surface area contributed by atoms with Crippen LogP contribution in [-0.2, 0) is 27.1 Å². The number of thiophene rings is 1. The van der Waals surface area contributed by atoms with Crippen LogP contribution in [0.2, 0.25) is 0 Å². The molecule has 144 valence electrons. The van der Waals surface area contributed by atoms with Crippen LogP contribution in [-0.4, -0.2) is 31.7 Å². The lowest BCUT2D eigenvalue weighted by molar-refractivity contribution is -0.123. The first-order valence-electron chi connectivity index (χ1n) is 9.21. The summed E-state index contributed by atoms with van der Waals surface area (Å²) in [6.45, 7) is 3.53. The zero-order valence-electron chi connectivity index (χ0n) is 15.3. The molecule has 1 saturated heterocycles. The Balaban J connectivity index is 1.34. The molecule has 2 unspecified atom stereocenters. The van der Waals surface area contributed by atoms with Crippen LogP contribution in [0, 0.1) is 18.3 Å². The molecule has 2 fully saturated rings. The predicted octanol–water partition coefficient (Wildman–Crippen LogP) is 2.91. The third kappa shape index (κ3) is 3.95. The summed E-state index contributed by atoms with van der Waals surface area (Å²) in [4.78, 5) is 13.6. The van der Waals surface area contributed by atoms with Gasteiger partial charge in [0.1, 0.15) is 0 Å². The van der Waals surface area contributed by atoms with Crippen LogP contribution < -0.4 is 5.32 Å². The Morgan fingerprint density at radius 2 is 2.07 bits per heavy atom. The van der Waals surface area contributed by atoms with E-state index in [1.807, 2.05) is 48.7 Å². The first-order valence-corrected chi connectivity index (χ1v) is 11.7. The van der Waals surface area contributed by atoms with Gasteiger partial charge in [0.15, 0.2) is 0 Å². The van der Waals surface area contributed by atoms with Gasteiger partial charge in [-0.05, 0) is 42.2 Å². The number of hydrogen-bond donors (Lipinski definition) is 1. The second kappa shape index (κ2) is 7.04. The van der Waals surface area contributed by atoms with Crippen molar-refractivity contribution in [2.24, 2.45) is 11.3 Å². The van der Waals surface area contributed by atoms with E-state index >= 15 is 0 Å². The Hall–Kier alpha value is -1.70. The summed E-state index contributed by atoms with van der Waals surface area (Å²) in [6.07, 6.45) is 1.57. The zero-order chi connectivity index (χ0) is 19.1. The average Bonchev–Trinajstić information content (AvgIpc) is 2.99. The summed E-state index contributed by atoms with van der Waals surface area (Å²) in [5.74, 6) is 0.0247. The third-order valence-electron chi connectivity index (χ3n) is 5.74. The monoisotopic (exact) mass is 404 g/mol. The van der Waals surface area contributed by atoms with E-state index in [1.165, 1.54) is 0 Å². The number of sulfonamides is 1. The molecule has 1 aromatic carbocycles. The van der Waals surface area contributed by atoms with Gasteiger partial charge in [-0.15, -0.1) is 11.3 Å². The van der Waals surface area contributed by atoms with Crippen LogP contribution >= 0.6 is 11.3 Å². The highest BCUT2D eigenvalue weighted by atomic mass is 32.2. The largest absolute Gasteiger partial charge is 0.351 e. The Kier molecular flexibility index (Phi) is 4.86. The molecule has 2 heterocycles. The highest BCUT2D eigenvalue weighted by Gasteiger charge is 2.61. The summed E-state index contributed by atoms with van der Waals surface area (Å²) >= 11 is 1.62. The zero-order valence-corrected chi connectivity index (χ0v) is 17.0. The highest BCUT2D eigenvalue weighted by Crippen LogP contribution is 2.59. The predicted molar refractivity (Wildman–Crippen MR) is 107 cm³/mol. The molecular weight excluding hydrogens is 380 g/mol. The molecule has 1 N–H and O–H groups in total. The molecule has 1 amide bonds. The summed E-state index contributed by atoms with van der Waals surface area (Å²) in [6, 6.07) is 11.6. The fourth-order valence-electron chi connectivity index (χ4n) is 3.96. The third-order valence-corrected chi connectivity index (χ3v) is 8.41. The van der Waals surface area contributed by atoms with Gasteiger partial charge in [-0.3, -0.25) is 4.79 Å². The number of hydrogen-bond acceptors (Lipinski definition) is 4. The molecule has 0 radical (unpaired) electrons. The van der Waals surface area contributed by atoms with Crippen molar-refractivity contribution in [3.05, 3.63) is 57.8 Å². The van der Waals surface area contributed by atoms with Crippen molar-refractivity contribution >= 4 is 27.3 Å². The summed E-state index contributed by atoms with van der Waals surface area (Å²) in [5, 5.41) is 4.99. The second-order valence-corrected chi connectivity index (χ2v) is 10.7. The Morgan fingerprint density at radius 3 is 2.78 bits per heavy atom. The Labute approximate surface area is 164 Å². The smallest absolute Gasteiger partial charge is 0.224 e. The van der Waals surface area contributed by atoms with Gasteiger partial charge < -0.3 is 5.32 Å². The summed E-state index contributed by atoms with van der Waals surface area (Å²) in [5.41, 5.74) is 1.77. The molecule has 1 saturated carbocycles. The van der Waals surface area contributed by atoms with Gasteiger partial charge in [-0.1, -0.05) is 35.9 Å². The van der Waals surface area contributed by atoms with Gasteiger partial charge in [0.25, 0.3) is 0 Å². The van der Waals surface area contributed by atoms with Crippen LogP contribution in [0.4, 0.5) is 0 Å². The van der Waals surface area contributed by atoms with Crippen LogP contribution in [0.15, 0.2) is 41.8 Å². The Morgan fingerprint density at radius 1 is 1.30 bits per heavy atom. The van der Waals surface area contributed by atoms with Gasteiger partial charge in [-0.25, -0.2) is 12.7 Å². The SMILES string of the molecule is Cc1ccc(CS(=O)(=O)N2CCC3(CC3C(=O)NCc3cccs3)C2)cc1. The number of carbonyl (C=O) groups is 1. The molecule has 7 heteroatoms. The molecule has 5 nitrogen and oxygen atoms in total. The van der Waals surface area contributed by atoms with E-state index in [1.54, 1.807) is 15.6 Å². The van der Waals surface area contributed by atoms with Gasteiger partial charge in [-0.2, -0.15) is 0 Å². The van der Waals surface area contributed by atoms with E-state index in [9.17, 15) is 13.2 Å². The summed E-state index contributed by atoms with van der Waals surface area (Å²) < 4.78 is 27.2. The maximum Gasteiger partial charge on any atom is 0.224 e. The minimum atomic E-state index is -3.35. The average molecular weight is 405 g/mol. The first-order chi connectivity index (χ1) is 12.9. The maximum atomic E-state index is 12.8. The van der Waals surface area contributed by atoms with Crippen molar-refractivity contribution in [3.63, 3.8) is 0 Å². The fourth-order valence-corrected chi connectivity index (χ4v) is 6.22. The molecule has 27 heavy (non-hydrogen) atoms. The fraction of sp³-hybridized carbons (Fsp3) is 0.450. The van der Waals surface area contributed by atoms with Gasteiger partial charge >= 0.3 is 0 Å². The quantitative estimate of drug-likeness (QED) is 0.805. The molecule has 2 aromatic rings. The van der Waals surface area contributed by atoms with Crippen LogP contribution in [0.1, 0.15) is 28.8 Å². The number of aryl methyl sites for hydroxylation is 1. The molecular formula is C20H24N2O3S2. The van der Waals surface area contributed by atoms with Crippen molar-refractivity contribution in [1.82, 2.24) is 9.62 Å². The van der Waals surface area contributed by atoms with Crippen LogP contribution in [0.25, 0.3) is 0 Å². The van der Waals surface area contributed by atoms with E-state index in [0.717, 1.165) is 28.8 Å². The number of carbonyl (C=O) groups excluding carboxylic acids is 1. The van der Waals surface area contributed by atoms with Crippen molar-refractivity contribution in [2.45, 2.75) is 32.1 Å². The number of amides is 1. The van der Waals surface area contributed by atoms with Crippen molar-refractivity contribution < 1.29 is 13.2 Å². The van der Waals surface area contributed by atoms with E-state index in [0.29, 0.717) is 19.6 Å². The molecule has 1 spiro atoms. The van der Waals surface area contributed by atoms with Gasteiger partial charge in [0.05, 0.1) is 12.3 Å². The van der Waals surface area contributed by atoms with E-state index in [4.69, 9.17) is 0 Å². The number of benzene rings is 1. The lowest BCUT2D eigenvalue weighted by atomic mass is 10.0. The van der Waals surface area contributed by atoms with Gasteiger partial charge in [0, 0.05) is 23.9 Å². The Bertz CT molecular complexity index is 923. The molecule has 2 atom stereocenters. The minimum absolute atomic E-state index is 0.0264. The lowest BCUT2D eigenvalue weighted by Gasteiger charge is -2.17. The van der Waals surface area contributed by atoms with Crippen molar-refractivity contribution in [2.75, 3.05) is 13.1 Å². The molecule has 1 aliphatic heterocycles. The number of nitrogens with zero attached hydrogens (tertiary/aromatic N) is 1. The van der Waals surface area contributed by atoms with Crippen LogP contribution in [0.3, 0.4) is 0 Å². The normalized spacial score (nSPS) is 25.0. The van der Waals surface area contributed by atoms with E-state index in [-0.39, 0.29) is 23.0 Å². The lowest BCUT2D eigenvalue weighted by Crippen LogP contribution is -2.32. The minimum Gasteiger partial charge on any atom is -0.351 e. The van der Waals surface area contributed by atoms with E-state index in [2.05, 4.69) is 5.32 Å².